The van der Waals surface area contributed by atoms with E-state index in [0.29, 0.717) is 24.8 Å². The molecule has 0 amide bonds. The molecule has 0 saturated carbocycles. The molecule has 7 nitrogen and oxygen atoms in total. The maximum atomic E-state index is 14.5. The van der Waals surface area contributed by atoms with Gasteiger partial charge in [-0.3, -0.25) is 14.7 Å². The van der Waals surface area contributed by atoms with E-state index in [4.69, 9.17) is 4.74 Å². The van der Waals surface area contributed by atoms with E-state index in [0.717, 1.165) is 22.8 Å². The normalized spacial score (nSPS) is 11.6. The van der Waals surface area contributed by atoms with Crippen LogP contribution in [0.15, 0.2) is 53.9 Å². The van der Waals surface area contributed by atoms with Crippen LogP contribution in [0.2, 0.25) is 0 Å². The number of ether oxygens (including phenoxy) is 1. The molecule has 0 aliphatic rings. The minimum Gasteiger partial charge on any atom is -0.453 e. The first-order valence-corrected chi connectivity index (χ1v) is 10.2. The number of guanidine groups is 1. The van der Waals surface area contributed by atoms with E-state index < -0.39 is 5.82 Å². The Kier molecular flexibility index (Phi) is 7.23. The average molecular weight is 425 g/mol. The number of aliphatic imine (C=N–C) groups is 1. The summed E-state index contributed by atoms with van der Waals surface area (Å²) in [5.74, 6) is 1.29. The van der Waals surface area contributed by atoms with E-state index in [2.05, 4.69) is 34.2 Å². The van der Waals surface area contributed by atoms with Crippen LogP contribution in [0.4, 0.5) is 4.39 Å². The predicted molar refractivity (Wildman–Crippen MR) is 120 cm³/mol. The van der Waals surface area contributed by atoms with Gasteiger partial charge in [-0.05, 0) is 35.7 Å². The third kappa shape index (κ3) is 5.81. The maximum Gasteiger partial charge on any atom is 0.193 e. The lowest BCUT2D eigenvalue weighted by Gasteiger charge is -2.22. The van der Waals surface area contributed by atoms with Gasteiger partial charge >= 0.3 is 0 Å². The minimum absolute atomic E-state index is 0.163. The lowest BCUT2D eigenvalue weighted by Crippen LogP contribution is -2.38. The van der Waals surface area contributed by atoms with Crippen molar-refractivity contribution in [2.45, 2.75) is 32.9 Å². The van der Waals surface area contributed by atoms with Crippen LogP contribution in [0.3, 0.4) is 0 Å². The van der Waals surface area contributed by atoms with Crippen molar-refractivity contribution in [2.24, 2.45) is 12.0 Å². The van der Waals surface area contributed by atoms with Gasteiger partial charge in [0.1, 0.15) is 5.75 Å². The van der Waals surface area contributed by atoms with Crippen LogP contribution in [-0.2, 0) is 20.1 Å². The van der Waals surface area contributed by atoms with Crippen molar-refractivity contribution in [3.05, 3.63) is 71.6 Å². The molecule has 0 radical (unpaired) electrons. The molecule has 0 fully saturated rings. The lowest BCUT2D eigenvalue weighted by atomic mass is 10.1. The number of hydrogen-bond donors (Lipinski definition) is 1. The summed E-state index contributed by atoms with van der Waals surface area (Å²) in [6.45, 7) is 5.38. The van der Waals surface area contributed by atoms with Gasteiger partial charge in [0.2, 0.25) is 0 Å². The standard InChI is InChI=1S/C23H29FN6O/c1-16(2)22-18(15-30(5)28-22)14-29(4)23(25-3)27-12-17-8-9-21(20(24)11-17)31-19-7-6-10-26-13-19/h6-11,13,15-16H,12,14H2,1-5H3,(H,25,27). The fraction of sp³-hybridized carbons (Fsp3) is 0.348. The maximum absolute atomic E-state index is 14.5. The molecular weight excluding hydrogens is 395 g/mol. The molecular formula is C23H29FN6O. The van der Waals surface area contributed by atoms with Crippen molar-refractivity contribution in [3.63, 3.8) is 0 Å². The van der Waals surface area contributed by atoms with Gasteiger partial charge in [-0.1, -0.05) is 19.9 Å². The van der Waals surface area contributed by atoms with Crippen molar-refractivity contribution < 1.29 is 9.13 Å². The molecule has 3 rings (SSSR count). The number of aromatic nitrogens is 3. The number of nitrogens with one attached hydrogen (secondary N) is 1. The second kappa shape index (κ2) is 10.1. The fourth-order valence-corrected chi connectivity index (χ4v) is 3.33. The highest BCUT2D eigenvalue weighted by Gasteiger charge is 2.15. The first-order valence-electron chi connectivity index (χ1n) is 10.2. The average Bonchev–Trinajstić information content (AvgIpc) is 3.11. The Bertz CT molecular complexity index is 1030. The second-order valence-corrected chi connectivity index (χ2v) is 7.68. The van der Waals surface area contributed by atoms with Crippen LogP contribution >= 0.6 is 0 Å². The SMILES string of the molecule is CN=C(NCc1ccc(Oc2cccnc2)c(F)c1)N(C)Cc1cn(C)nc1C(C)C. The Morgan fingerprint density at radius 3 is 2.77 bits per heavy atom. The number of benzene rings is 1. The number of halogens is 1. The summed E-state index contributed by atoms with van der Waals surface area (Å²) in [4.78, 5) is 10.4. The lowest BCUT2D eigenvalue weighted by molar-refractivity contribution is 0.439. The highest BCUT2D eigenvalue weighted by atomic mass is 19.1. The molecule has 8 heteroatoms. The zero-order valence-electron chi connectivity index (χ0n) is 18.6. The van der Waals surface area contributed by atoms with Crippen LogP contribution in [0, 0.1) is 5.82 Å². The Hall–Kier alpha value is -3.42. The van der Waals surface area contributed by atoms with Crippen molar-refractivity contribution >= 4 is 5.96 Å². The van der Waals surface area contributed by atoms with Crippen molar-refractivity contribution in [1.82, 2.24) is 25.0 Å². The first-order chi connectivity index (χ1) is 14.9. The zero-order valence-corrected chi connectivity index (χ0v) is 18.6. The third-order valence-corrected chi connectivity index (χ3v) is 4.77. The molecule has 0 bridgehead atoms. The number of pyridine rings is 1. The topological polar surface area (TPSA) is 67.6 Å². The van der Waals surface area contributed by atoms with Gasteiger partial charge in [-0.15, -0.1) is 0 Å². The molecule has 164 valence electrons. The minimum atomic E-state index is -0.427. The van der Waals surface area contributed by atoms with Crippen LogP contribution in [0.1, 0.15) is 36.6 Å². The summed E-state index contributed by atoms with van der Waals surface area (Å²) < 4.78 is 21.9. The molecule has 0 atom stereocenters. The Morgan fingerprint density at radius 2 is 2.13 bits per heavy atom. The Balaban J connectivity index is 1.62. The largest absolute Gasteiger partial charge is 0.453 e. The van der Waals surface area contributed by atoms with Crippen LogP contribution in [0.5, 0.6) is 11.5 Å². The molecule has 31 heavy (non-hydrogen) atoms. The zero-order chi connectivity index (χ0) is 22.4. The van der Waals surface area contributed by atoms with Crippen LogP contribution in [0.25, 0.3) is 0 Å². The van der Waals surface area contributed by atoms with Gasteiger partial charge in [-0.2, -0.15) is 5.10 Å². The number of nitrogens with zero attached hydrogens (tertiary/aromatic N) is 5. The van der Waals surface area contributed by atoms with Crippen LogP contribution < -0.4 is 10.1 Å². The van der Waals surface area contributed by atoms with E-state index in [1.807, 2.05) is 35.9 Å². The molecule has 2 heterocycles. The Labute approximate surface area is 182 Å². The van der Waals surface area contributed by atoms with Crippen LogP contribution in [-0.4, -0.2) is 39.7 Å². The molecule has 0 spiro atoms. The van der Waals surface area contributed by atoms with E-state index >= 15 is 0 Å². The first kappa shape index (κ1) is 22.3. The van der Waals surface area contributed by atoms with Gasteiger partial charge in [-0.25, -0.2) is 4.39 Å². The Morgan fingerprint density at radius 1 is 1.32 bits per heavy atom. The molecule has 0 aliphatic heterocycles. The number of hydrogen-bond acceptors (Lipinski definition) is 4. The summed E-state index contributed by atoms with van der Waals surface area (Å²) in [6, 6.07) is 8.38. The second-order valence-electron chi connectivity index (χ2n) is 7.68. The van der Waals surface area contributed by atoms with Crippen molar-refractivity contribution in [2.75, 3.05) is 14.1 Å². The van der Waals surface area contributed by atoms with Crippen molar-refractivity contribution in [3.8, 4) is 11.5 Å². The molecule has 3 aromatic rings. The molecule has 0 saturated heterocycles. The number of rotatable bonds is 7. The summed E-state index contributed by atoms with van der Waals surface area (Å²) >= 11 is 0. The van der Waals surface area contributed by atoms with Crippen molar-refractivity contribution in [1.29, 1.82) is 0 Å². The highest BCUT2D eigenvalue weighted by molar-refractivity contribution is 5.79. The third-order valence-electron chi connectivity index (χ3n) is 4.77. The predicted octanol–water partition coefficient (Wildman–Crippen LogP) is 4.08. The molecule has 1 aromatic carbocycles. The molecule has 2 aromatic heterocycles. The fourth-order valence-electron chi connectivity index (χ4n) is 3.33. The van der Waals surface area contributed by atoms with E-state index in [-0.39, 0.29) is 5.75 Å². The quantitative estimate of drug-likeness (QED) is 0.457. The molecule has 0 unspecified atom stereocenters. The van der Waals surface area contributed by atoms with Gasteiger partial charge in [0.25, 0.3) is 0 Å². The van der Waals surface area contributed by atoms with E-state index in [1.54, 1.807) is 37.6 Å². The van der Waals surface area contributed by atoms with E-state index in [9.17, 15) is 4.39 Å². The smallest absolute Gasteiger partial charge is 0.193 e. The highest BCUT2D eigenvalue weighted by Crippen LogP contribution is 2.24. The van der Waals surface area contributed by atoms with Gasteiger partial charge in [0, 0.05) is 52.2 Å². The molecule has 1 N–H and O–H groups in total. The van der Waals surface area contributed by atoms with Gasteiger partial charge in [0.05, 0.1) is 11.9 Å². The monoisotopic (exact) mass is 424 g/mol. The van der Waals surface area contributed by atoms with Gasteiger partial charge < -0.3 is 15.0 Å². The molecule has 0 aliphatic carbocycles. The number of aryl methyl sites for hydroxylation is 1. The summed E-state index contributed by atoms with van der Waals surface area (Å²) in [5.41, 5.74) is 3.02. The van der Waals surface area contributed by atoms with Gasteiger partial charge in [0.15, 0.2) is 17.5 Å². The summed E-state index contributed by atoms with van der Waals surface area (Å²) in [7, 11) is 5.63. The summed E-state index contributed by atoms with van der Waals surface area (Å²) in [6.07, 6.45) is 5.22. The summed E-state index contributed by atoms with van der Waals surface area (Å²) in [5, 5.41) is 7.85. The van der Waals surface area contributed by atoms with E-state index in [1.165, 1.54) is 6.07 Å².